The van der Waals surface area contributed by atoms with Gasteiger partial charge >= 0.3 is 0 Å². The van der Waals surface area contributed by atoms with Crippen LogP contribution in [-0.4, -0.2) is 15.1 Å². The molecule has 0 radical (unpaired) electrons. The Morgan fingerprint density at radius 1 is 1.35 bits per heavy atom. The average molecular weight is 232 g/mol. The molecule has 0 saturated heterocycles. The molecule has 0 saturated carbocycles. The van der Waals surface area contributed by atoms with E-state index in [1.807, 2.05) is 6.92 Å². The van der Waals surface area contributed by atoms with Crippen molar-refractivity contribution in [2.75, 3.05) is 0 Å². The van der Waals surface area contributed by atoms with Gasteiger partial charge in [-0.2, -0.15) is 0 Å². The zero-order valence-corrected chi connectivity index (χ0v) is 9.47. The molecular weight excluding hydrogens is 219 g/mol. The van der Waals surface area contributed by atoms with Crippen molar-refractivity contribution in [3.63, 3.8) is 0 Å². The van der Waals surface area contributed by atoms with E-state index in [2.05, 4.69) is 9.97 Å². The first-order valence-corrected chi connectivity index (χ1v) is 5.36. The molecule has 0 aliphatic heterocycles. The first kappa shape index (κ1) is 11.7. The minimum absolute atomic E-state index is 0.291. The lowest BCUT2D eigenvalue weighted by Gasteiger charge is -2.11. The van der Waals surface area contributed by atoms with Gasteiger partial charge in [0.05, 0.1) is 5.69 Å². The fourth-order valence-electron chi connectivity index (χ4n) is 1.67. The molecule has 1 aromatic carbocycles. The molecule has 0 fully saturated rings. The lowest BCUT2D eigenvalue weighted by molar-refractivity contribution is 0.173. The molecule has 0 amide bonds. The van der Waals surface area contributed by atoms with Crippen LogP contribution in [0.15, 0.2) is 36.8 Å². The average Bonchev–Trinajstić information content (AvgIpc) is 2.35. The minimum atomic E-state index is -0.738. The predicted molar refractivity (Wildman–Crippen MR) is 61.8 cm³/mol. The number of aromatic nitrogens is 2. The smallest absolute Gasteiger partial charge is 0.123 e. The van der Waals surface area contributed by atoms with Gasteiger partial charge < -0.3 is 5.11 Å². The van der Waals surface area contributed by atoms with E-state index in [-0.39, 0.29) is 5.82 Å². The molecule has 1 N–H and O–H groups in total. The SMILES string of the molecule is Cc1ccc(F)cc1CC(O)c1ccncn1. The molecule has 4 heteroatoms. The first-order chi connectivity index (χ1) is 8.16. The van der Waals surface area contributed by atoms with Gasteiger partial charge in [0.15, 0.2) is 0 Å². The van der Waals surface area contributed by atoms with E-state index in [0.29, 0.717) is 12.1 Å². The van der Waals surface area contributed by atoms with Crippen molar-refractivity contribution in [3.8, 4) is 0 Å². The largest absolute Gasteiger partial charge is 0.386 e. The van der Waals surface area contributed by atoms with Crippen molar-refractivity contribution in [3.05, 3.63) is 59.4 Å². The predicted octanol–water partition coefficient (Wildman–Crippen LogP) is 2.20. The third-order valence-corrected chi connectivity index (χ3v) is 2.67. The van der Waals surface area contributed by atoms with E-state index in [4.69, 9.17) is 0 Å². The molecule has 3 nitrogen and oxygen atoms in total. The van der Waals surface area contributed by atoms with Crippen molar-refractivity contribution < 1.29 is 9.50 Å². The number of aryl methyl sites for hydroxylation is 1. The van der Waals surface area contributed by atoms with Crippen LogP contribution in [0.1, 0.15) is 22.9 Å². The van der Waals surface area contributed by atoms with Gasteiger partial charge in [-0.15, -0.1) is 0 Å². The van der Waals surface area contributed by atoms with Crippen LogP contribution < -0.4 is 0 Å². The fraction of sp³-hybridized carbons (Fsp3) is 0.231. The Kier molecular flexibility index (Phi) is 3.44. The highest BCUT2D eigenvalue weighted by Gasteiger charge is 2.11. The second-order valence-corrected chi connectivity index (χ2v) is 3.92. The Labute approximate surface area is 99.0 Å². The summed E-state index contributed by atoms with van der Waals surface area (Å²) in [6, 6.07) is 6.21. The number of hydrogen-bond acceptors (Lipinski definition) is 3. The van der Waals surface area contributed by atoms with E-state index in [1.165, 1.54) is 18.5 Å². The Morgan fingerprint density at radius 3 is 2.88 bits per heavy atom. The highest BCUT2D eigenvalue weighted by atomic mass is 19.1. The number of benzene rings is 1. The summed E-state index contributed by atoms with van der Waals surface area (Å²) in [4.78, 5) is 7.76. The van der Waals surface area contributed by atoms with Crippen molar-refractivity contribution in [2.45, 2.75) is 19.4 Å². The zero-order valence-electron chi connectivity index (χ0n) is 9.47. The molecule has 0 aliphatic rings. The van der Waals surface area contributed by atoms with E-state index in [1.54, 1.807) is 18.3 Å². The van der Waals surface area contributed by atoms with Gasteiger partial charge in [-0.05, 0) is 36.2 Å². The van der Waals surface area contributed by atoms with Crippen LogP contribution in [0.2, 0.25) is 0 Å². The maximum atomic E-state index is 13.1. The van der Waals surface area contributed by atoms with Crippen LogP contribution in [0.25, 0.3) is 0 Å². The number of nitrogens with zero attached hydrogens (tertiary/aromatic N) is 2. The van der Waals surface area contributed by atoms with Crippen LogP contribution in [0.4, 0.5) is 4.39 Å². The Bertz CT molecular complexity index is 502. The number of aliphatic hydroxyl groups excluding tert-OH is 1. The van der Waals surface area contributed by atoms with E-state index in [9.17, 15) is 9.50 Å². The van der Waals surface area contributed by atoms with Gasteiger partial charge in [0.2, 0.25) is 0 Å². The van der Waals surface area contributed by atoms with Gasteiger partial charge in [0, 0.05) is 12.6 Å². The molecule has 2 aromatic rings. The molecule has 1 atom stereocenters. The molecule has 1 unspecified atom stereocenters. The minimum Gasteiger partial charge on any atom is -0.386 e. The fourth-order valence-corrected chi connectivity index (χ4v) is 1.67. The summed E-state index contributed by atoms with van der Waals surface area (Å²) in [7, 11) is 0. The van der Waals surface area contributed by atoms with Crippen molar-refractivity contribution in [2.24, 2.45) is 0 Å². The number of rotatable bonds is 3. The topological polar surface area (TPSA) is 46.0 Å². The van der Waals surface area contributed by atoms with Crippen LogP contribution in [-0.2, 0) is 6.42 Å². The van der Waals surface area contributed by atoms with Gasteiger partial charge in [-0.25, -0.2) is 14.4 Å². The summed E-state index contributed by atoms with van der Waals surface area (Å²) < 4.78 is 13.1. The second-order valence-electron chi connectivity index (χ2n) is 3.92. The summed E-state index contributed by atoms with van der Waals surface area (Å²) in [6.45, 7) is 1.89. The quantitative estimate of drug-likeness (QED) is 0.882. The van der Waals surface area contributed by atoms with Crippen LogP contribution >= 0.6 is 0 Å². The van der Waals surface area contributed by atoms with Crippen LogP contribution in [0.3, 0.4) is 0 Å². The van der Waals surface area contributed by atoms with Gasteiger partial charge in [0.25, 0.3) is 0 Å². The molecule has 0 spiro atoms. The van der Waals surface area contributed by atoms with E-state index in [0.717, 1.165) is 11.1 Å². The summed E-state index contributed by atoms with van der Waals surface area (Å²) >= 11 is 0. The van der Waals surface area contributed by atoms with Gasteiger partial charge in [-0.1, -0.05) is 6.07 Å². The monoisotopic (exact) mass is 232 g/mol. The molecule has 0 aliphatic carbocycles. The summed E-state index contributed by atoms with van der Waals surface area (Å²) in [6.07, 6.45) is 2.57. The van der Waals surface area contributed by atoms with Crippen LogP contribution in [0, 0.1) is 12.7 Å². The molecule has 0 bridgehead atoms. The third-order valence-electron chi connectivity index (χ3n) is 2.67. The molecule has 1 heterocycles. The third kappa shape index (κ3) is 2.85. The molecule has 1 aromatic heterocycles. The normalized spacial score (nSPS) is 12.4. The molecule has 88 valence electrons. The lowest BCUT2D eigenvalue weighted by Crippen LogP contribution is -2.05. The van der Waals surface area contributed by atoms with E-state index < -0.39 is 6.10 Å². The van der Waals surface area contributed by atoms with Crippen molar-refractivity contribution in [1.29, 1.82) is 0 Å². The van der Waals surface area contributed by atoms with E-state index >= 15 is 0 Å². The zero-order chi connectivity index (χ0) is 12.3. The maximum Gasteiger partial charge on any atom is 0.123 e. The Hall–Kier alpha value is -1.81. The highest BCUT2D eigenvalue weighted by molar-refractivity contribution is 5.28. The number of hydrogen-bond donors (Lipinski definition) is 1. The summed E-state index contributed by atoms with van der Waals surface area (Å²) in [5.74, 6) is -0.291. The summed E-state index contributed by atoms with van der Waals surface area (Å²) in [5.41, 5.74) is 2.29. The maximum absolute atomic E-state index is 13.1. The molecule has 2 rings (SSSR count). The summed E-state index contributed by atoms with van der Waals surface area (Å²) in [5, 5.41) is 9.98. The molecule has 17 heavy (non-hydrogen) atoms. The number of aliphatic hydroxyl groups is 1. The number of halogens is 1. The Balaban J connectivity index is 2.18. The second kappa shape index (κ2) is 5.01. The van der Waals surface area contributed by atoms with Gasteiger partial charge in [0.1, 0.15) is 18.2 Å². The highest BCUT2D eigenvalue weighted by Crippen LogP contribution is 2.19. The molecular formula is C13H13FN2O. The first-order valence-electron chi connectivity index (χ1n) is 5.36. The standard InChI is InChI=1S/C13H13FN2O/c1-9-2-3-11(14)6-10(9)7-13(17)12-4-5-15-8-16-12/h2-6,8,13,17H,7H2,1H3. The van der Waals surface area contributed by atoms with Gasteiger partial charge in [-0.3, -0.25) is 0 Å². The van der Waals surface area contributed by atoms with Crippen LogP contribution in [0.5, 0.6) is 0 Å². The lowest BCUT2D eigenvalue weighted by atomic mass is 10.0. The Morgan fingerprint density at radius 2 is 2.18 bits per heavy atom. The van der Waals surface area contributed by atoms with Crippen molar-refractivity contribution in [1.82, 2.24) is 9.97 Å². The van der Waals surface area contributed by atoms with Crippen molar-refractivity contribution >= 4 is 0 Å².